The second-order valence-corrected chi connectivity index (χ2v) is 7.85. The van der Waals surface area contributed by atoms with E-state index in [0.717, 1.165) is 10.5 Å². The highest BCUT2D eigenvalue weighted by atomic mass is 35.5. The number of nitrogens with zero attached hydrogens (tertiary/aromatic N) is 2. The lowest BCUT2D eigenvalue weighted by Gasteiger charge is -2.28. The molecule has 2 aromatic carbocycles. The summed E-state index contributed by atoms with van der Waals surface area (Å²) in [6.45, 7) is 2.26. The molecule has 3 rings (SSSR count). The zero-order chi connectivity index (χ0) is 21.0. The molecule has 0 saturated carbocycles. The highest BCUT2D eigenvalue weighted by Gasteiger charge is 2.44. The number of carbonyl (C=O) groups is 3. The zero-order valence-electron chi connectivity index (χ0n) is 16.1. The molecular formula is C22H22Cl2N2O3. The average Bonchev–Trinajstić information content (AvgIpc) is 2.97. The SMILES string of the molecule is CCCC(=O)N(CCc1cccc(Cl)c1)C1CC(=O)N(c2ccc(Cl)cc2)C1=O. The van der Waals surface area contributed by atoms with Gasteiger partial charge in [-0.05, 0) is 54.8 Å². The third kappa shape index (κ3) is 4.98. The number of rotatable bonds is 7. The van der Waals surface area contributed by atoms with Crippen LogP contribution in [-0.4, -0.2) is 35.2 Å². The van der Waals surface area contributed by atoms with Gasteiger partial charge in [-0.3, -0.25) is 14.4 Å². The van der Waals surface area contributed by atoms with Crippen molar-refractivity contribution in [3.8, 4) is 0 Å². The Hall–Kier alpha value is -2.37. The third-order valence-corrected chi connectivity index (χ3v) is 5.39. The van der Waals surface area contributed by atoms with Crippen LogP contribution in [0.4, 0.5) is 5.69 Å². The van der Waals surface area contributed by atoms with Crippen molar-refractivity contribution in [2.75, 3.05) is 11.4 Å². The molecular weight excluding hydrogens is 411 g/mol. The van der Waals surface area contributed by atoms with Gasteiger partial charge in [0.15, 0.2) is 0 Å². The molecule has 0 bridgehead atoms. The van der Waals surface area contributed by atoms with Crippen LogP contribution >= 0.6 is 23.2 Å². The minimum absolute atomic E-state index is 0.0214. The number of benzene rings is 2. The van der Waals surface area contributed by atoms with E-state index in [9.17, 15) is 14.4 Å². The van der Waals surface area contributed by atoms with Gasteiger partial charge in [0.25, 0.3) is 5.91 Å². The number of amides is 3. The molecule has 1 unspecified atom stereocenters. The van der Waals surface area contributed by atoms with E-state index in [1.807, 2.05) is 25.1 Å². The van der Waals surface area contributed by atoms with Gasteiger partial charge in [0, 0.05) is 23.0 Å². The normalized spacial score (nSPS) is 16.4. The van der Waals surface area contributed by atoms with E-state index in [2.05, 4.69) is 0 Å². The van der Waals surface area contributed by atoms with Gasteiger partial charge in [0.1, 0.15) is 6.04 Å². The summed E-state index contributed by atoms with van der Waals surface area (Å²) >= 11 is 12.0. The molecule has 1 aliphatic heterocycles. The number of hydrogen-bond donors (Lipinski definition) is 0. The number of halogens is 2. The Bertz CT molecular complexity index is 915. The van der Waals surface area contributed by atoms with Crippen LogP contribution in [0.3, 0.4) is 0 Å². The molecule has 7 heteroatoms. The van der Waals surface area contributed by atoms with Crippen molar-refractivity contribution in [3.05, 3.63) is 64.1 Å². The smallest absolute Gasteiger partial charge is 0.257 e. The van der Waals surface area contributed by atoms with Gasteiger partial charge in [-0.25, -0.2) is 4.90 Å². The fraction of sp³-hybridized carbons (Fsp3) is 0.318. The Morgan fingerprint density at radius 3 is 2.48 bits per heavy atom. The largest absolute Gasteiger partial charge is 0.330 e. The van der Waals surface area contributed by atoms with E-state index in [1.54, 1.807) is 35.2 Å². The van der Waals surface area contributed by atoms with Crippen LogP contribution in [0.15, 0.2) is 48.5 Å². The molecule has 0 aliphatic carbocycles. The second kappa shape index (κ2) is 9.42. The lowest BCUT2D eigenvalue weighted by Crippen LogP contribution is -2.46. The van der Waals surface area contributed by atoms with Crippen LogP contribution in [0.1, 0.15) is 31.7 Å². The summed E-state index contributed by atoms with van der Waals surface area (Å²) in [4.78, 5) is 41.1. The highest BCUT2D eigenvalue weighted by molar-refractivity contribution is 6.31. The van der Waals surface area contributed by atoms with Crippen molar-refractivity contribution in [3.63, 3.8) is 0 Å². The summed E-state index contributed by atoms with van der Waals surface area (Å²) in [5.41, 5.74) is 1.43. The lowest BCUT2D eigenvalue weighted by atomic mass is 10.1. The van der Waals surface area contributed by atoms with Crippen LogP contribution in [0.25, 0.3) is 0 Å². The van der Waals surface area contributed by atoms with E-state index >= 15 is 0 Å². The van der Waals surface area contributed by atoms with Crippen molar-refractivity contribution in [2.24, 2.45) is 0 Å². The van der Waals surface area contributed by atoms with E-state index in [4.69, 9.17) is 23.2 Å². The van der Waals surface area contributed by atoms with Crippen LogP contribution in [0.5, 0.6) is 0 Å². The predicted molar refractivity (Wildman–Crippen MR) is 114 cm³/mol. The van der Waals surface area contributed by atoms with Crippen molar-refractivity contribution >= 4 is 46.6 Å². The summed E-state index contributed by atoms with van der Waals surface area (Å²) in [6, 6.07) is 13.1. The molecule has 1 heterocycles. The van der Waals surface area contributed by atoms with Gasteiger partial charge < -0.3 is 4.90 Å². The average molecular weight is 433 g/mol. The van der Waals surface area contributed by atoms with Crippen LogP contribution < -0.4 is 4.90 Å². The molecule has 1 fully saturated rings. The minimum Gasteiger partial charge on any atom is -0.330 e. The maximum Gasteiger partial charge on any atom is 0.257 e. The fourth-order valence-corrected chi connectivity index (χ4v) is 3.81. The molecule has 1 aliphatic rings. The van der Waals surface area contributed by atoms with Crippen molar-refractivity contribution in [1.29, 1.82) is 0 Å². The Morgan fingerprint density at radius 1 is 1.10 bits per heavy atom. The fourth-order valence-electron chi connectivity index (χ4n) is 3.47. The molecule has 0 aromatic heterocycles. The quantitative estimate of drug-likeness (QED) is 0.605. The first-order valence-corrected chi connectivity index (χ1v) is 10.3. The summed E-state index contributed by atoms with van der Waals surface area (Å²) in [5, 5.41) is 1.14. The lowest BCUT2D eigenvalue weighted by molar-refractivity contribution is -0.138. The van der Waals surface area contributed by atoms with E-state index in [0.29, 0.717) is 41.5 Å². The molecule has 29 heavy (non-hydrogen) atoms. The Labute approximate surface area is 180 Å². The molecule has 5 nitrogen and oxygen atoms in total. The second-order valence-electron chi connectivity index (χ2n) is 6.98. The van der Waals surface area contributed by atoms with Gasteiger partial charge in [0.05, 0.1) is 12.1 Å². The Morgan fingerprint density at radius 2 is 1.83 bits per heavy atom. The number of anilines is 1. The van der Waals surface area contributed by atoms with E-state index in [-0.39, 0.29) is 24.1 Å². The van der Waals surface area contributed by atoms with Gasteiger partial charge in [-0.1, -0.05) is 42.3 Å². The molecule has 1 saturated heterocycles. The minimum atomic E-state index is -0.795. The molecule has 1 atom stereocenters. The van der Waals surface area contributed by atoms with Crippen molar-refractivity contribution < 1.29 is 14.4 Å². The van der Waals surface area contributed by atoms with Gasteiger partial charge in [0.2, 0.25) is 11.8 Å². The molecule has 2 aromatic rings. The van der Waals surface area contributed by atoms with Crippen molar-refractivity contribution in [1.82, 2.24) is 4.90 Å². The topological polar surface area (TPSA) is 57.7 Å². The van der Waals surface area contributed by atoms with E-state index < -0.39 is 6.04 Å². The summed E-state index contributed by atoms with van der Waals surface area (Å²) in [5.74, 6) is -0.828. The summed E-state index contributed by atoms with van der Waals surface area (Å²) < 4.78 is 0. The third-order valence-electron chi connectivity index (χ3n) is 4.90. The summed E-state index contributed by atoms with van der Waals surface area (Å²) in [7, 11) is 0. The van der Waals surface area contributed by atoms with Crippen LogP contribution in [0.2, 0.25) is 10.0 Å². The molecule has 0 N–H and O–H groups in total. The Kier molecular flexibility index (Phi) is 6.93. The first kappa shape index (κ1) is 21.3. The highest BCUT2D eigenvalue weighted by Crippen LogP contribution is 2.27. The Balaban J connectivity index is 1.81. The van der Waals surface area contributed by atoms with Crippen LogP contribution in [0, 0.1) is 0 Å². The zero-order valence-corrected chi connectivity index (χ0v) is 17.6. The maximum atomic E-state index is 13.1. The molecule has 0 radical (unpaired) electrons. The van der Waals surface area contributed by atoms with Gasteiger partial charge >= 0.3 is 0 Å². The summed E-state index contributed by atoms with van der Waals surface area (Å²) in [6.07, 6.45) is 1.53. The maximum absolute atomic E-state index is 13.1. The monoisotopic (exact) mass is 432 g/mol. The molecule has 0 spiro atoms. The van der Waals surface area contributed by atoms with E-state index in [1.165, 1.54) is 0 Å². The predicted octanol–water partition coefficient (Wildman–Crippen LogP) is 4.50. The standard InChI is InChI=1S/C22H22Cl2N2O3/c1-2-4-20(27)25(12-11-15-5-3-6-17(24)13-15)19-14-21(28)26(22(19)29)18-9-7-16(23)8-10-18/h3,5-10,13,19H,2,4,11-12,14H2,1H3. The number of carbonyl (C=O) groups excluding carboxylic acids is 3. The number of hydrogen-bond acceptors (Lipinski definition) is 3. The van der Waals surface area contributed by atoms with Crippen molar-refractivity contribution in [2.45, 2.75) is 38.6 Å². The van der Waals surface area contributed by atoms with Crippen LogP contribution in [-0.2, 0) is 20.8 Å². The first-order valence-electron chi connectivity index (χ1n) is 9.57. The molecule has 152 valence electrons. The first-order chi connectivity index (χ1) is 13.9. The van der Waals surface area contributed by atoms with Gasteiger partial charge in [-0.2, -0.15) is 0 Å². The molecule has 3 amide bonds. The number of imide groups is 1. The van der Waals surface area contributed by atoms with Gasteiger partial charge in [-0.15, -0.1) is 0 Å².